The Balaban J connectivity index is 2.02. The van der Waals surface area contributed by atoms with E-state index in [1.807, 2.05) is 13.8 Å². The van der Waals surface area contributed by atoms with Crippen LogP contribution < -0.4 is 0 Å². The minimum absolute atomic E-state index is 0.0229. The molecule has 1 saturated carbocycles. The van der Waals surface area contributed by atoms with Gasteiger partial charge in [-0.2, -0.15) is 0 Å². The van der Waals surface area contributed by atoms with E-state index in [1.54, 1.807) is 0 Å². The van der Waals surface area contributed by atoms with Crippen LogP contribution in [0.15, 0.2) is 0 Å². The first kappa shape index (κ1) is 13.4. The first-order valence-electron chi connectivity index (χ1n) is 7.53. The molecule has 4 heteroatoms. The van der Waals surface area contributed by atoms with Crippen LogP contribution in [-0.2, 0) is 14.3 Å². The highest BCUT2D eigenvalue weighted by atomic mass is 16.7. The number of rotatable bonds is 0. The van der Waals surface area contributed by atoms with Crippen LogP contribution in [0, 0.1) is 23.7 Å². The molecule has 108 valence electrons. The van der Waals surface area contributed by atoms with Crippen molar-refractivity contribution < 1.29 is 19.4 Å². The van der Waals surface area contributed by atoms with Gasteiger partial charge in [0.1, 0.15) is 5.60 Å². The summed E-state index contributed by atoms with van der Waals surface area (Å²) in [5.74, 6) is 0.166. The fourth-order valence-electron chi connectivity index (χ4n) is 4.42. The lowest BCUT2D eigenvalue weighted by Crippen LogP contribution is -2.65. The molecule has 0 aromatic rings. The van der Waals surface area contributed by atoms with Crippen molar-refractivity contribution in [2.45, 2.75) is 64.4 Å². The molecule has 3 aliphatic rings. The van der Waals surface area contributed by atoms with E-state index in [1.165, 1.54) is 0 Å². The molecule has 2 saturated heterocycles. The van der Waals surface area contributed by atoms with Crippen molar-refractivity contribution >= 4 is 5.97 Å². The molecule has 0 aromatic carbocycles. The molecule has 0 spiro atoms. The first-order valence-corrected chi connectivity index (χ1v) is 7.53. The van der Waals surface area contributed by atoms with Crippen molar-refractivity contribution in [3.63, 3.8) is 0 Å². The van der Waals surface area contributed by atoms with Gasteiger partial charge in [0.25, 0.3) is 0 Å². The molecule has 0 amide bonds. The Hall–Kier alpha value is -0.610. The van der Waals surface area contributed by atoms with Gasteiger partial charge in [-0.15, -0.1) is 0 Å². The second-order valence-electron chi connectivity index (χ2n) is 6.74. The van der Waals surface area contributed by atoms with E-state index < -0.39 is 11.9 Å². The molecule has 0 radical (unpaired) electrons. The number of ether oxygens (including phenoxy) is 2. The van der Waals surface area contributed by atoms with Crippen LogP contribution in [0.3, 0.4) is 0 Å². The average molecular weight is 268 g/mol. The van der Waals surface area contributed by atoms with Crippen LogP contribution in [0.4, 0.5) is 0 Å². The van der Waals surface area contributed by atoms with Crippen LogP contribution in [0.25, 0.3) is 0 Å². The standard InChI is InChI=1S/C15H24O4/c1-8-4-6-12-10(3)13(16)19-14-15(12,17)11(8)7-5-9(2)18-14/h8-12,14,17H,4-7H2,1-3H3. The number of esters is 1. The SMILES string of the molecule is CC1CCC2C(C)CCC3C(C)C(=O)OC(O1)C23O. The fourth-order valence-corrected chi connectivity index (χ4v) is 4.42. The zero-order valence-electron chi connectivity index (χ0n) is 12.0. The Kier molecular flexibility index (Phi) is 3.13. The van der Waals surface area contributed by atoms with Crippen LogP contribution in [0.5, 0.6) is 0 Å². The summed E-state index contributed by atoms with van der Waals surface area (Å²) >= 11 is 0. The van der Waals surface area contributed by atoms with Gasteiger partial charge in [-0.3, -0.25) is 4.79 Å². The van der Waals surface area contributed by atoms with Crippen LogP contribution in [0.2, 0.25) is 0 Å². The van der Waals surface area contributed by atoms with E-state index in [4.69, 9.17) is 9.47 Å². The van der Waals surface area contributed by atoms with E-state index in [2.05, 4.69) is 6.92 Å². The zero-order chi connectivity index (χ0) is 13.8. The van der Waals surface area contributed by atoms with Gasteiger partial charge >= 0.3 is 5.97 Å². The van der Waals surface area contributed by atoms with Gasteiger partial charge in [0.05, 0.1) is 12.0 Å². The molecule has 3 fully saturated rings. The third kappa shape index (κ3) is 1.83. The molecule has 2 aliphatic heterocycles. The average Bonchev–Trinajstić information content (AvgIpc) is 2.47. The lowest BCUT2D eigenvalue weighted by atomic mass is 9.58. The highest BCUT2D eigenvalue weighted by Gasteiger charge is 2.62. The Bertz CT molecular complexity index is 382. The summed E-state index contributed by atoms with van der Waals surface area (Å²) in [6.07, 6.45) is 3.11. The summed E-state index contributed by atoms with van der Waals surface area (Å²) in [6, 6.07) is 0. The molecule has 7 unspecified atom stereocenters. The second kappa shape index (κ2) is 4.45. The van der Waals surface area contributed by atoms with Gasteiger partial charge in [-0.25, -0.2) is 0 Å². The van der Waals surface area contributed by atoms with Crippen molar-refractivity contribution in [3.05, 3.63) is 0 Å². The van der Waals surface area contributed by atoms with Crippen molar-refractivity contribution in [2.24, 2.45) is 23.7 Å². The molecule has 7 atom stereocenters. The number of aliphatic hydroxyl groups is 1. The summed E-state index contributed by atoms with van der Waals surface area (Å²) in [6.45, 7) is 6.07. The number of hydrogen-bond acceptors (Lipinski definition) is 4. The van der Waals surface area contributed by atoms with Gasteiger partial charge in [-0.1, -0.05) is 13.8 Å². The van der Waals surface area contributed by atoms with E-state index in [9.17, 15) is 9.90 Å². The topological polar surface area (TPSA) is 55.8 Å². The minimum Gasteiger partial charge on any atom is -0.432 e. The normalized spacial score (nSPS) is 54.0. The molecular weight excluding hydrogens is 244 g/mol. The van der Waals surface area contributed by atoms with Gasteiger partial charge in [0.15, 0.2) is 0 Å². The number of carbonyl (C=O) groups is 1. The lowest BCUT2D eigenvalue weighted by Gasteiger charge is -2.54. The minimum atomic E-state index is -0.990. The molecule has 0 aromatic heterocycles. The van der Waals surface area contributed by atoms with Crippen LogP contribution in [-0.4, -0.2) is 29.1 Å². The summed E-state index contributed by atoms with van der Waals surface area (Å²) in [5.41, 5.74) is -0.990. The third-order valence-electron chi connectivity index (χ3n) is 5.62. The van der Waals surface area contributed by atoms with Crippen LogP contribution in [0.1, 0.15) is 46.5 Å². The number of carbonyl (C=O) groups excluding carboxylic acids is 1. The predicted molar refractivity (Wildman–Crippen MR) is 69.2 cm³/mol. The Labute approximate surface area is 114 Å². The molecule has 3 rings (SSSR count). The van der Waals surface area contributed by atoms with Gasteiger partial charge in [-0.05, 0) is 44.4 Å². The molecule has 4 nitrogen and oxygen atoms in total. The Morgan fingerprint density at radius 2 is 1.79 bits per heavy atom. The highest BCUT2D eigenvalue weighted by Crippen LogP contribution is 2.53. The lowest BCUT2D eigenvalue weighted by molar-refractivity contribution is -0.304. The summed E-state index contributed by atoms with van der Waals surface area (Å²) in [4.78, 5) is 12.0. The van der Waals surface area contributed by atoms with Gasteiger partial charge < -0.3 is 14.6 Å². The molecule has 1 aliphatic carbocycles. The monoisotopic (exact) mass is 268 g/mol. The van der Waals surface area contributed by atoms with E-state index in [0.29, 0.717) is 5.92 Å². The first-order chi connectivity index (χ1) is 8.94. The van der Waals surface area contributed by atoms with Crippen molar-refractivity contribution in [2.75, 3.05) is 0 Å². The summed E-state index contributed by atoms with van der Waals surface area (Å²) in [5, 5.41) is 11.3. The zero-order valence-corrected chi connectivity index (χ0v) is 12.0. The summed E-state index contributed by atoms with van der Waals surface area (Å²) in [7, 11) is 0. The molecular formula is C15H24O4. The van der Waals surface area contributed by atoms with E-state index in [0.717, 1.165) is 25.7 Å². The highest BCUT2D eigenvalue weighted by molar-refractivity contribution is 5.74. The van der Waals surface area contributed by atoms with Crippen LogP contribution >= 0.6 is 0 Å². The van der Waals surface area contributed by atoms with Gasteiger partial charge in [0.2, 0.25) is 6.29 Å². The Morgan fingerprint density at radius 3 is 2.53 bits per heavy atom. The fraction of sp³-hybridized carbons (Fsp3) is 0.933. The smallest absolute Gasteiger partial charge is 0.311 e. The van der Waals surface area contributed by atoms with Gasteiger partial charge in [0, 0.05) is 5.92 Å². The molecule has 19 heavy (non-hydrogen) atoms. The molecule has 1 N–H and O–H groups in total. The van der Waals surface area contributed by atoms with Crippen molar-refractivity contribution in [3.8, 4) is 0 Å². The van der Waals surface area contributed by atoms with E-state index in [-0.39, 0.29) is 29.8 Å². The maximum atomic E-state index is 12.0. The second-order valence-corrected chi connectivity index (χ2v) is 6.74. The third-order valence-corrected chi connectivity index (χ3v) is 5.62. The van der Waals surface area contributed by atoms with Crippen molar-refractivity contribution in [1.82, 2.24) is 0 Å². The van der Waals surface area contributed by atoms with E-state index >= 15 is 0 Å². The predicted octanol–water partition coefficient (Wildman–Crippen LogP) is 2.10. The summed E-state index contributed by atoms with van der Waals surface area (Å²) < 4.78 is 11.3. The molecule has 0 bridgehead atoms. The molecule has 2 heterocycles. The quantitative estimate of drug-likeness (QED) is 0.684. The largest absolute Gasteiger partial charge is 0.432 e. The number of hydrogen-bond donors (Lipinski definition) is 1. The maximum absolute atomic E-state index is 12.0. The maximum Gasteiger partial charge on any atom is 0.311 e. The van der Waals surface area contributed by atoms with Crippen molar-refractivity contribution in [1.29, 1.82) is 0 Å². The Morgan fingerprint density at radius 1 is 1.11 bits per heavy atom.